The van der Waals surface area contributed by atoms with E-state index in [9.17, 15) is 0 Å². The number of benzene rings is 1. The van der Waals surface area contributed by atoms with Crippen LogP contribution in [0.3, 0.4) is 0 Å². The Kier molecular flexibility index (Phi) is 2.70. The van der Waals surface area contributed by atoms with Crippen LogP contribution >= 0.6 is 23.1 Å². The second kappa shape index (κ2) is 3.83. The van der Waals surface area contributed by atoms with Gasteiger partial charge in [0.1, 0.15) is 0 Å². The van der Waals surface area contributed by atoms with E-state index in [0.717, 1.165) is 12.1 Å². The maximum Gasteiger partial charge on any atom is 0.0416 e. The van der Waals surface area contributed by atoms with E-state index < -0.39 is 0 Å². The Bertz CT molecular complexity index is 460. The molecule has 3 heteroatoms. The second-order valence-corrected chi connectivity index (χ2v) is 5.00. The number of fused-ring (bicyclic) bond motifs is 1. The van der Waals surface area contributed by atoms with Gasteiger partial charge in [0.15, 0.2) is 0 Å². The minimum Gasteiger partial charge on any atom is -0.398 e. The molecule has 0 unspecified atom stereocenters. The van der Waals surface area contributed by atoms with Gasteiger partial charge in [0.2, 0.25) is 0 Å². The molecule has 74 valence electrons. The van der Waals surface area contributed by atoms with Crippen LogP contribution in [0.15, 0.2) is 22.4 Å². The first-order valence-electron chi connectivity index (χ1n) is 4.59. The Hall–Kier alpha value is -0.670. The van der Waals surface area contributed by atoms with Crippen molar-refractivity contribution < 1.29 is 0 Å². The van der Waals surface area contributed by atoms with Gasteiger partial charge in [-0.05, 0) is 35.8 Å². The van der Waals surface area contributed by atoms with Crippen LogP contribution in [-0.2, 0) is 6.42 Å². The Labute approximate surface area is 92.3 Å². The third kappa shape index (κ3) is 1.51. The summed E-state index contributed by atoms with van der Waals surface area (Å²) in [6, 6.07) is 4.29. The third-order valence-corrected chi connectivity index (χ3v) is 4.06. The van der Waals surface area contributed by atoms with Gasteiger partial charge in [0.25, 0.3) is 0 Å². The zero-order valence-corrected chi connectivity index (χ0v) is 9.97. The van der Waals surface area contributed by atoms with Gasteiger partial charge in [0.05, 0.1) is 0 Å². The van der Waals surface area contributed by atoms with Crippen molar-refractivity contribution in [2.45, 2.75) is 18.2 Å². The zero-order valence-electron chi connectivity index (χ0n) is 8.33. The van der Waals surface area contributed by atoms with Crippen LogP contribution in [0, 0.1) is 0 Å². The lowest BCUT2D eigenvalue weighted by Crippen LogP contribution is -1.88. The third-order valence-electron chi connectivity index (χ3n) is 2.37. The molecule has 1 aromatic carbocycles. The van der Waals surface area contributed by atoms with Crippen LogP contribution in [0.1, 0.15) is 12.5 Å². The van der Waals surface area contributed by atoms with Crippen LogP contribution in [-0.4, -0.2) is 6.26 Å². The van der Waals surface area contributed by atoms with Crippen molar-refractivity contribution >= 4 is 38.9 Å². The van der Waals surface area contributed by atoms with Crippen molar-refractivity contribution in [1.82, 2.24) is 0 Å². The Balaban J connectivity index is 2.72. The molecule has 0 aliphatic rings. The first-order valence-corrected chi connectivity index (χ1v) is 6.70. The number of hydrogen-bond acceptors (Lipinski definition) is 3. The van der Waals surface area contributed by atoms with Gasteiger partial charge in [-0.1, -0.05) is 6.92 Å². The second-order valence-electron chi connectivity index (χ2n) is 3.20. The number of aryl methyl sites for hydroxylation is 1. The minimum absolute atomic E-state index is 0.921. The molecule has 0 fully saturated rings. The average molecular weight is 223 g/mol. The van der Waals surface area contributed by atoms with Crippen molar-refractivity contribution in [2.75, 3.05) is 12.0 Å². The summed E-state index contributed by atoms with van der Waals surface area (Å²) in [5, 5.41) is 3.47. The molecular formula is C11H13NS2. The summed E-state index contributed by atoms with van der Waals surface area (Å²) in [6.07, 6.45) is 3.14. The van der Waals surface area contributed by atoms with E-state index in [1.165, 1.54) is 20.5 Å². The predicted molar refractivity (Wildman–Crippen MR) is 67.4 cm³/mol. The number of thioether (sulfide) groups is 1. The Morgan fingerprint density at radius 3 is 2.86 bits per heavy atom. The quantitative estimate of drug-likeness (QED) is 0.619. The highest BCUT2D eigenvalue weighted by Gasteiger charge is 2.07. The standard InChI is InChI=1S/C11H13NS2/c1-3-7-6-14-10-5-8(13-2)4-9(12)11(7)10/h4-6H,3,12H2,1-2H3. The number of hydrogen-bond donors (Lipinski definition) is 1. The SMILES string of the molecule is CCc1csc2cc(SC)cc(N)c12. The normalized spacial score (nSPS) is 11.0. The fourth-order valence-corrected chi connectivity index (χ4v) is 3.29. The molecule has 2 N–H and O–H groups in total. The predicted octanol–water partition coefficient (Wildman–Crippen LogP) is 3.77. The van der Waals surface area contributed by atoms with Crippen molar-refractivity contribution in [3.63, 3.8) is 0 Å². The summed E-state index contributed by atoms with van der Waals surface area (Å²) in [4.78, 5) is 1.25. The van der Waals surface area contributed by atoms with Crippen LogP contribution in [0.2, 0.25) is 0 Å². The molecular weight excluding hydrogens is 210 g/mol. The summed E-state index contributed by atoms with van der Waals surface area (Å²) < 4.78 is 1.31. The van der Waals surface area contributed by atoms with Crippen molar-refractivity contribution in [1.29, 1.82) is 0 Å². The number of nitrogen functional groups attached to an aromatic ring is 1. The molecule has 0 atom stereocenters. The van der Waals surface area contributed by atoms with Crippen LogP contribution in [0.5, 0.6) is 0 Å². The Morgan fingerprint density at radius 2 is 2.21 bits per heavy atom. The molecule has 1 heterocycles. The van der Waals surface area contributed by atoms with Crippen LogP contribution in [0.25, 0.3) is 10.1 Å². The monoisotopic (exact) mass is 223 g/mol. The topological polar surface area (TPSA) is 26.0 Å². The average Bonchev–Trinajstić information content (AvgIpc) is 2.61. The van der Waals surface area contributed by atoms with Gasteiger partial charge in [-0.15, -0.1) is 23.1 Å². The molecule has 1 aromatic heterocycles. The van der Waals surface area contributed by atoms with E-state index >= 15 is 0 Å². The molecule has 0 aliphatic carbocycles. The largest absolute Gasteiger partial charge is 0.398 e. The lowest BCUT2D eigenvalue weighted by atomic mass is 10.1. The summed E-state index contributed by atoms with van der Waals surface area (Å²) in [5.41, 5.74) is 8.34. The van der Waals surface area contributed by atoms with E-state index in [0.29, 0.717) is 0 Å². The smallest absolute Gasteiger partial charge is 0.0416 e. The van der Waals surface area contributed by atoms with E-state index in [4.69, 9.17) is 5.73 Å². The molecule has 0 bridgehead atoms. The summed E-state index contributed by atoms with van der Waals surface area (Å²) in [7, 11) is 0. The maximum atomic E-state index is 6.05. The minimum atomic E-state index is 0.921. The molecule has 14 heavy (non-hydrogen) atoms. The number of nitrogens with two attached hydrogens (primary N) is 1. The molecule has 2 aromatic rings. The van der Waals surface area contributed by atoms with E-state index in [2.05, 4.69) is 30.7 Å². The molecule has 0 radical (unpaired) electrons. The molecule has 0 aliphatic heterocycles. The molecule has 2 rings (SSSR count). The molecule has 0 spiro atoms. The fraction of sp³-hybridized carbons (Fsp3) is 0.273. The Morgan fingerprint density at radius 1 is 1.43 bits per heavy atom. The van der Waals surface area contributed by atoms with Gasteiger partial charge in [0, 0.05) is 20.7 Å². The summed E-state index contributed by atoms with van der Waals surface area (Å²) >= 11 is 3.53. The molecule has 0 saturated carbocycles. The highest BCUT2D eigenvalue weighted by Crippen LogP contribution is 2.34. The molecule has 1 nitrogen and oxygen atoms in total. The first kappa shape index (κ1) is 9.87. The first-order chi connectivity index (χ1) is 6.76. The lowest BCUT2D eigenvalue weighted by molar-refractivity contribution is 1.17. The molecule has 0 amide bonds. The lowest BCUT2D eigenvalue weighted by Gasteiger charge is -2.02. The maximum absolute atomic E-state index is 6.05. The fourth-order valence-electron chi connectivity index (χ4n) is 1.62. The van der Waals surface area contributed by atoms with Gasteiger partial charge >= 0.3 is 0 Å². The zero-order chi connectivity index (χ0) is 10.1. The van der Waals surface area contributed by atoms with Gasteiger partial charge in [-0.25, -0.2) is 0 Å². The van der Waals surface area contributed by atoms with Crippen molar-refractivity contribution in [2.24, 2.45) is 0 Å². The van der Waals surface area contributed by atoms with Crippen LogP contribution < -0.4 is 5.73 Å². The van der Waals surface area contributed by atoms with Gasteiger partial charge in [-0.2, -0.15) is 0 Å². The number of anilines is 1. The summed E-state index contributed by atoms with van der Waals surface area (Å²) in [5.74, 6) is 0. The van der Waals surface area contributed by atoms with E-state index in [1.807, 2.05) is 0 Å². The van der Waals surface area contributed by atoms with Crippen LogP contribution in [0.4, 0.5) is 5.69 Å². The van der Waals surface area contributed by atoms with Crippen molar-refractivity contribution in [3.8, 4) is 0 Å². The van der Waals surface area contributed by atoms with Gasteiger partial charge < -0.3 is 5.73 Å². The van der Waals surface area contributed by atoms with Gasteiger partial charge in [-0.3, -0.25) is 0 Å². The highest BCUT2D eigenvalue weighted by atomic mass is 32.2. The van der Waals surface area contributed by atoms with Crippen molar-refractivity contribution in [3.05, 3.63) is 23.1 Å². The number of rotatable bonds is 2. The van der Waals surface area contributed by atoms with E-state index in [1.54, 1.807) is 23.1 Å². The number of thiophene rings is 1. The molecule has 0 saturated heterocycles. The highest BCUT2D eigenvalue weighted by molar-refractivity contribution is 7.98. The summed E-state index contributed by atoms with van der Waals surface area (Å²) in [6.45, 7) is 2.17. The van der Waals surface area contributed by atoms with E-state index in [-0.39, 0.29) is 0 Å².